The van der Waals surface area contributed by atoms with Gasteiger partial charge in [0.1, 0.15) is 6.61 Å². The molecule has 0 radical (unpaired) electrons. The lowest BCUT2D eigenvalue weighted by Gasteiger charge is -2.06. The van der Waals surface area contributed by atoms with Gasteiger partial charge < -0.3 is 15.2 Å². The molecular weight excluding hydrogens is 286 g/mol. The molecule has 0 unspecified atom stereocenters. The Morgan fingerprint density at radius 2 is 2.12 bits per heavy atom. The quantitative estimate of drug-likeness (QED) is 0.324. The number of thioether (sulfide) groups is 3. The highest BCUT2D eigenvalue weighted by molar-refractivity contribution is 8.19. The van der Waals surface area contributed by atoms with Crippen LogP contribution in [0.3, 0.4) is 0 Å². The molecule has 0 bridgehead atoms. The Morgan fingerprint density at radius 1 is 1.31 bits per heavy atom. The average molecular weight is 303 g/mol. The van der Waals surface area contributed by atoms with E-state index in [1.54, 1.807) is 35.3 Å². The van der Waals surface area contributed by atoms with Gasteiger partial charge in [0.2, 0.25) is 0 Å². The SMILES string of the molecule is O=C(NCSCSCS)OCCSCCO. The van der Waals surface area contributed by atoms with Crippen LogP contribution in [0.5, 0.6) is 0 Å². The minimum Gasteiger partial charge on any atom is -0.449 e. The van der Waals surface area contributed by atoms with Gasteiger partial charge in [-0.3, -0.25) is 0 Å². The molecule has 16 heavy (non-hydrogen) atoms. The van der Waals surface area contributed by atoms with E-state index in [0.29, 0.717) is 18.2 Å². The molecular formula is C8H17NO3S4. The zero-order valence-corrected chi connectivity index (χ0v) is 12.2. The van der Waals surface area contributed by atoms with Crippen LogP contribution < -0.4 is 5.32 Å². The molecule has 4 nitrogen and oxygen atoms in total. The second-order valence-electron chi connectivity index (χ2n) is 2.45. The first kappa shape index (κ1) is 16.6. The first-order valence-corrected chi connectivity index (χ1v) is 8.76. The van der Waals surface area contributed by atoms with Gasteiger partial charge in [0.25, 0.3) is 0 Å². The number of nitrogens with one attached hydrogen (secondary N) is 1. The number of hydrogen-bond donors (Lipinski definition) is 3. The minimum atomic E-state index is -0.382. The number of amides is 1. The van der Waals surface area contributed by atoms with Crippen molar-refractivity contribution in [3.63, 3.8) is 0 Å². The van der Waals surface area contributed by atoms with E-state index >= 15 is 0 Å². The van der Waals surface area contributed by atoms with E-state index in [1.807, 2.05) is 0 Å². The Morgan fingerprint density at radius 3 is 2.81 bits per heavy atom. The summed E-state index contributed by atoms with van der Waals surface area (Å²) in [7, 11) is 0. The zero-order chi connectivity index (χ0) is 12.1. The van der Waals surface area contributed by atoms with Crippen molar-refractivity contribution in [2.45, 2.75) is 0 Å². The number of ether oxygens (including phenoxy) is 1. The van der Waals surface area contributed by atoms with Crippen molar-refractivity contribution in [2.24, 2.45) is 0 Å². The lowest BCUT2D eigenvalue weighted by atomic mass is 10.8. The summed E-state index contributed by atoms with van der Waals surface area (Å²) in [5.41, 5.74) is 0. The van der Waals surface area contributed by atoms with Crippen LogP contribution in [0.15, 0.2) is 0 Å². The third-order valence-corrected chi connectivity index (χ3v) is 4.61. The highest BCUT2D eigenvalue weighted by Gasteiger charge is 2.00. The predicted octanol–water partition coefficient (Wildman–Crippen LogP) is 1.71. The molecule has 0 heterocycles. The van der Waals surface area contributed by atoms with Gasteiger partial charge in [-0.1, -0.05) is 0 Å². The van der Waals surface area contributed by atoms with E-state index < -0.39 is 0 Å². The topological polar surface area (TPSA) is 58.6 Å². The normalized spacial score (nSPS) is 10.1. The van der Waals surface area contributed by atoms with Crippen LogP contribution in [0, 0.1) is 0 Å². The second kappa shape index (κ2) is 13.7. The summed E-state index contributed by atoms with van der Waals surface area (Å²) in [4.78, 5) is 11.1. The fourth-order valence-corrected chi connectivity index (χ4v) is 3.19. The number of aliphatic hydroxyl groups is 1. The minimum absolute atomic E-state index is 0.163. The summed E-state index contributed by atoms with van der Waals surface area (Å²) in [6, 6.07) is 0. The molecule has 1 amide bonds. The Bertz CT molecular complexity index is 157. The van der Waals surface area contributed by atoms with Gasteiger partial charge in [-0.05, 0) is 0 Å². The van der Waals surface area contributed by atoms with E-state index in [1.165, 1.54) is 0 Å². The highest BCUT2D eigenvalue weighted by Crippen LogP contribution is 2.11. The maximum Gasteiger partial charge on any atom is 0.407 e. The average Bonchev–Trinajstić information content (AvgIpc) is 2.28. The van der Waals surface area contributed by atoms with Crippen LogP contribution in [0.2, 0.25) is 0 Å². The molecule has 0 aliphatic carbocycles. The Hall–Kier alpha value is 0.630. The number of alkyl carbamates (subject to hydrolysis) is 1. The van der Waals surface area contributed by atoms with E-state index in [0.717, 1.165) is 15.9 Å². The van der Waals surface area contributed by atoms with Crippen LogP contribution in [-0.4, -0.2) is 52.0 Å². The van der Waals surface area contributed by atoms with Crippen LogP contribution in [-0.2, 0) is 4.74 Å². The molecule has 0 atom stereocenters. The number of carbonyl (C=O) groups is 1. The first-order chi connectivity index (χ1) is 7.81. The first-order valence-electron chi connectivity index (χ1n) is 4.66. The monoisotopic (exact) mass is 303 g/mol. The van der Waals surface area contributed by atoms with Gasteiger partial charge in [0.15, 0.2) is 0 Å². The van der Waals surface area contributed by atoms with Crippen molar-refractivity contribution in [1.82, 2.24) is 5.32 Å². The van der Waals surface area contributed by atoms with Gasteiger partial charge in [0, 0.05) is 21.7 Å². The lowest BCUT2D eigenvalue weighted by molar-refractivity contribution is 0.155. The van der Waals surface area contributed by atoms with Crippen LogP contribution in [0.1, 0.15) is 0 Å². The van der Waals surface area contributed by atoms with Gasteiger partial charge in [-0.15, -0.1) is 23.5 Å². The van der Waals surface area contributed by atoms with Gasteiger partial charge in [-0.2, -0.15) is 24.4 Å². The summed E-state index contributed by atoms with van der Waals surface area (Å²) in [5.74, 6) is 1.96. The Balaban J connectivity index is 3.12. The van der Waals surface area contributed by atoms with Crippen LogP contribution in [0.4, 0.5) is 4.79 Å². The molecule has 0 saturated heterocycles. The number of rotatable bonds is 10. The van der Waals surface area contributed by atoms with E-state index in [-0.39, 0.29) is 12.7 Å². The summed E-state index contributed by atoms with van der Waals surface area (Å²) in [5, 5.41) is 12.9. The summed E-state index contributed by atoms with van der Waals surface area (Å²) in [6.07, 6.45) is -0.382. The smallest absolute Gasteiger partial charge is 0.407 e. The summed E-state index contributed by atoms with van der Waals surface area (Å²) >= 11 is 8.93. The number of hydrogen-bond acceptors (Lipinski definition) is 7. The van der Waals surface area contributed by atoms with Gasteiger partial charge in [0.05, 0.1) is 12.5 Å². The number of aliphatic hydroxyl groups excluding tert-OH is 1. The molecule has 0 rings (SSSR count). The largest absolute Gasteiger partial charge is 0.449 e. The summed E-state index contributed by atoms with van der Waals surface area (Å²) in [6.45, 7) is 0.545. The van der Waals surface area contributed by atoms with Crippen LogP contribution >= 0.6 is 47.9 Å². The molecule has 0 aliphatic heterocycles. The molecule has 8 heteroatoms. The maximum absolute atomic E-state index is 11.1. The van der Waals surface area contributed by atoms with Crippen molar-refractivity contribution in [3.8, 4) is 0 Å². The predicted molar refractivity (Wildman–Crippen MR) is 77.7 cm³/mol. The second-order valence-corrected chi connectivity index (χ2v) is 6.75. The molecule has 96 valence electrons. The molecule has 0 aromatic heterocycles. The van der Waals surface area contributed by atoms with Crippen molar-refractivity contribution >= 4 is 54.0 Å². The third-order valence-electron chi connectivity index (χ3n) is 1.27. The molecule has 0 aromatic carbocycles. The van der Waals surface area contributed by atoms with Crippen molar-refractivity contribution in [2.75, 3.05) is 40.8 Å². The van der Waals surface area contributed by atoms with Crippen molar-refractivity contribution in [3.05, 3.63) is 0 Å². The lowest BCUT2D eigenvalue weighted by Crippen LogP contribution is -2.24. The fraction of sp³-hybridized carbons (Fsp3) is 0.875. The highest BCUT2D eigenvalue weighted by atomic mass is 32.2. The van der Waals surface area contributed by atoms with Crippen molar-refractivity contribution in [1.29, 1.82) is 0 Å². The third kappa shape index (κ3) is 12.7. The van der Waals surface area contributed by atoms with Gasteiger partial charge >= 0.3 is 6.09 Å². The van der Waals surface area contributed by atoms with E-state index in [4.69, 9.17) is 9.84 Å². The maximum atomic E-state index is 11.1. The Labute approximate surface area is 114 Å². The van der Waals surface area contributed by atoms with Crippen LogP contribution in [0.25, 0.3) is 0 Å². The number of carbonyl (C=O) groups excluding carboxylic acids is 1. The molecule has 2 N–H and O–H groups in total. The standard InChI is InChI=1S/C8H17NO3S4/c10-1-3-14-4-2-12-8(11)9-5-15-7-16-6-13/h10,13H,1-7H2,(H,9,11). The zero-order valence-electron chi connectivity index (χ0n) is 8.89. The van der Waals surface area contributed by atoms with E-state index in [2.05, 4.69) is 17.9 Å². The van der Waals surface area contributed by atoms with Gasteiger partial charge in [-0.25, -0.2) is 4.79 Å². The molecule has 0 fully saturated rings. The molecule has 0 aliphatic rings. The molecule has 0 saturated carbocycles. The molecule has 0 aromatic rings. The molecule has 0 spiro atoms. The Kier molecular flexibility index (Phi) is 14.2. The van der Waals surface area contributed by atoms with E-state index in [9.17, 15) is 4.79 Å². The fourth-order valence-electron chi connectivity index (χ4n) is 0.659. The van der Waals surface area contributed by atoms with Crippen molar-refractivity contribution < 1.29 is 14.6 Å². The summed E-state index contributed by atoms with van der Waals surface area (Å²) < 4.78 is 4.91. The number of thiol groups is 1.